The van der Waals surface area contributed by atoms with E-state index < -0.39 is 0 Å². The summed E-state index contributed by atoms with van der Waals surface area (Å²) in [5.41, 5.74) is 0.410. The molecule has 0 aliphatic carbocycles. The predicted molar refractivity (Wildman–Crippen MR) is 82.9 cm³/mol. The lowest BCUT2D eigenvalue weighted by molar-refractivity contribution is 0.0540. The molecule has 1 aromatic heterocycles. The minimum absolute atomic E-state index is 0.0649. The summed E-state index contributed by atoms with van der Waals surface area (Å²) in [5.74, 6) is -0.162. The fourth-order valence-corrected chi connectivity index (χ4v) is 3.08. The second-order valence-electron chi connectivity index (χ2n) is 5.26. The van der Waals surface area contributed by atoms with Crippen LogP contribution < -0.4 is 0 Å². The molecule has 1 saturated heterocycles. The highest BCUT2D eigenvalue weighted by Gasteiger charge is 2.27. The molecule has 1 aliphatic rings. The van der Waals surface area contributed by atoms with Crippen LogP contribution in [-0.2, 0) is 0 Å². The first-order chi connectivity index (χ1) is 10.0. The van der Waals surface area contributed by atoms with Crippen molar-refractivity contribution >= 4 is 29.1 Å². The van der Waals surface area contributed by atoms with Gasteiger partial charge >= 0.3 is 0 Å². The number of piperidine rings is 1. The van der Waals surface area contributed by atoms with Gasteiger partial charge in [-0.1, -0.05) is 23.2 Å². The maximum absolute atomic E-state index is 12.7. The fraction of sp³-hybridized carbons (Fsp3) is 0.571. The van der Waals surface area contributed by atoms with E-state index in [-0.39, 0.29) is 28.9 Å². The van der Waals surface area contributed by atoms with Crippen molar-refractivity contribution in [3.8, 4) is 0 Å². The molecule has 1 aliphatic heterocycles. The standard InChI is InChI=1S/C14H19Cl2N3O2/c1-18-4-2-11(3-5-18)19(6-7-20)14(21)10-8-12(15)17-13(16)9-10/h8-9,11,20H,2-7H2,1H3. The van der Waals surface area contributed by atoms with Crippen LogP contribution in [0.15, 0.2) is 12.1 Å². The van der Waals surface area contributed by atoms with Gasteiger partial charge in [0.05, 0.1) is 6.61 Å². The summed E-state index contributed by atoms with van der Waals surface area (Å²) in [6.07, 6.45) is 1.80. The molecule has 0 saturated carbocycles. The Balaban J connectivity index is 2.18. The van der Waals surface area contributed by atoms with Gasteiger partial charge in [-0.15, -0.1) is 0 Å². The van der Waals surface area contributed by atoms with E-state index in [4.69, 9.17) is 23.2 Å². The van der Waals surface area contributed by atoms with Crippen LogP contribution in [0.4, 0.5) is 0 Å². The van der Waals surface area contributed by atoms with Gasteiger partial charge in [0, 0.05) is 18.2 Å². The molecule has 5 nitrogen and oxygen atoms in total. The van der Waals surface area contributed by atoms with Crippen molar-refractivity contribution in [3.05, 3.63) is 28.0 Å². The van der Waals surface area contributed by atoms with Crippen LogP contribution in [0.25, 0.3) is 0 Å². The Bertz CT molecular complexity index is 485. The molecule has 0 radical (unpaired) electrons. The van der Waals surface area contributed by atoms with Crippen LogP contribution in [0.3, 0.4) is 0 Å². The van der Waals surface area contributed by atoms with E-state index in [2.05, 4.69) is 16.9 Å². The quantitative estimate of drug-likeness (QED) is 0.856. The molecule has 116 valence electrons. The Morgan fingerprint density at radius 2 is 1.95 bits per heavy atom. The van der Waals surface area contributed by atoms with E-state index in [1.54, 1.807) is 4.90 Å². The maximum atomic E-state index is 12.7. The van der Waals surface area contributed by atoms with Gasteiger partial charge in [0.1, 0.15) is 10.3 Å². The Hall–Kier alpha value is -0.880. The first-order valence-electron chi connectivity index (χ1n) is 6.94. The van der Waals surface area contributed by atoms with Gasteiger partial charge in [-0.25, -0.2) is 4.98 Å². The highest BCUT2D eigenvalue weighted by molar-refractivity contribution is 6.33. The number of aliphatic hydroxyl groups excluding tert-OH is 1. The molecule has 1 N–H and O–H groups in total. The zero-order chi connectivity index (χ0) is 15.4. The molecule has 7 heteroatoms. The van der Waals surface area contributed by atoms with E-state index in [0.717, 1.165) is 25.9 Å². The summed E-state index contributed by atoms with van der Waals surface area (Å²) in [5, 5.41) is 9.64. The average Bonchev–Trinajstić information content (AvgIpc) is 2.44. The Morgan fingerprint density at radius 3 is 2.48 bits per heavy atom. The van der Waals surface area contributed by atoms with Gasteiger partial charge in [-0.2, -0.15) is 0 Å². The molecule has 21 heavy (non-hydrogen) atoms. The number of carbonyl (C=O) groups excluding carboxylic acids is 1. The number of hydrogen-bond acceptors (Lipinski definition) is 4. The molecule has 0 bridgehead atoms. The van der Waals surface area contributed by atoms with Crippen molar-refractivity contribution in [1.29, 1.82) is 0 Å². The van der Waals surface area contributed by atoms with Crippen LogP contribution in [0.5, 0.6) is 0 Å². The Morgan fingerprint density at radius 1 is 1.38 bits per heavy atom. The van der Waals surface area contributed by atoms with Gasteiger partial charge in [0.25, 0.3) is 5.91 Å². The van der Waals surface area contributed by atoms with Gasteiger partial charge in [0.2, 0.25) is 0 Å². The molecule has 1 fully saturated rings. The lowest BCUT2D eigenvalue weighted by atomic mass is 10.0. The Labute approximate surface area is 134 Å². The second-order valence-corrected chi connectivity index (χ2v) is 6.03. The highest BCUT2D eigenvalue weighted by atomic mass is 35.5. The third-order valence-electron chi connectivity index (χ3n) is 3.74. The number of amides is 1. The summed E-state index contributed by atoms with van der Waals surface area (Å²) in [4.78, 5) is 20.5. The molecule has 1 amide bonds. The number of aromatic nitrogens is 1. The molecular formula is C14H19Cl2N3O2. The number of rotatable bonds is 4. The number of halogens is 2. The lowest BCUT2D eigenvalue weighted by Gasteiger charge is -2.37. The third-order valence-corrected chi connectivity index (χ3v) is 4.13. The first-order valence-corrected chi connectivity index (χ1v) is 7.70. The van der Waals surface area contributed by atoms with Gasteiger partial charge in [0.15, 0.2) is 0 Å². The molecule has 2 heterocycles. The Kier molecular flexibility index (Phi) is 5.81. The number of aliphatic hydroxyl groups is 1. The van der Waals surface area contributed by atoms with Crippen LogP contribution in [0, 0.1) is 0 Å². The molecule has 2 rings (SSSR count). The van der Waals surface area contributed by atoms with Crippen molar-refractivity contribution in [2.45, 2.75) is 18.9 Å². The third kappa shape index (κ3) is 4.30. The summed E-state index contributed by atoms with van der Waals surface area (Å²) in [6, 6.07) is 3.15. The fourth-order valence-electron chi connectivity index (χ4n) is 2.62. The molecule has 1 aromatic rings. The maximum Gasteiger partial charge on any atom is 0.254 e. The monoisotopic (exact) mass is 331 g/mol. The summed E-state index contributed by atoms with van der Waals surface area (Å²) < 4.78 is 0. The van der Waals surface area contributed by atoms with Crippen LogP contribution in [0.1, 0.15) is 23.2 Å². The van der Waals surface area contributed by atoms with Gasteiger partial charge < -0.3 is 14.9 Å². The smallest absolute Gasteiger partial charge is 0.254 e. The lowest BCUT2D eigenvalue weighted by Crippen LogP contribution is -2.47. The molecule has 0 aromatic carbocycles. The van der Waals surface area contributed by atoms with Crippen LogP contribution in [0.2, 0.25) is 10.3 Å². The predicted octanol–water partition coefficient (Wildman–Crippen LogP) is 1.92. The minimum Gasteiger partial charge on any atom is -0.395 e. The van der Waals surface area contributed by atoms with Gasteiger partial charge in [-0.05, 0) is 45.1 Å². The number of nitrogens with zero attached hydrogens (tertiary/aromatic N) is 3. The normalized spacial score (nSPS) is 17.0. The van der Waals surface area contributed by atoms with Crippen molar-refractivity contribution in [3.63, 3.8) is 0 Å². The van der Waals surface area contributed by atoms with Crippen LogP contribution >= 0.6 is 23.2 Å². The molecule has 0 unspecified atom stereocenters. The van der Waals surface area contributed by atoms with Crippen LogP contribution in [-0.4, -0.2) is 65.1 Å². The zero-order valence-corrected chi connectivity index (χ0v) is 13.4. The largest absolute Gasteiger partial charge is 0.395 e. The number of hydrogen-bond donors (Lipinski definition) is 1. The highest BCUT2D eigenvalue weighted by Crippen LogP contribution is 2.21. The van der Waals surface area contributed by atoms with E-state index in [1.165, 1.54) is 12.1 Å². The molecule has 0 spiro atoms. The average molecular weight is 332 g/mol. The van der Waals surface area contributed by atoms with Crippen molar-refractivity contribution in [1.82, 2.24) is 14.8 Å². The van der Waals surface area contributed by atoms with E-state index in [9.17, 15) is 9.90 Å². The molecular weight excluding hydrogens is 313 g/mol. The van der Waals surface area contributed by atoms with E-state index in [0.29, 0.717) is 12.1 Å². The SMILES string of the molecule is CN1CCC(N(CCO)C(=O)c2cc(Cl)nc(Cl)c2)CC1. The number of carbonyl (C=O) groups is 1. The molecule has 0 atom stereocenters. The van der Waals surface area contributed by atoms with E-state index in [1.807, 2.05) is 0 Å². The number of likely N-dealkylation sites (tertiary alicyclic amines) is 1. The second kappa shape index (κ2) is 7.40. The summed E-state index contributed by atoms with van der Waals surface area (Å²) in [7, 11) is 2.07. The minimum atomic E-state index is -0.162. The van der Waals surface area contributed by atoms with E-state index >= 15 is 0 Å². The van der Waals surface area contributed by atoms with Crippen molar-refractivity contribution in [2.75, 3.05) is 33.3 Å². The van der Waals surface area contributed by atoms with Crippen molar-refractivity contribution < 1.29 is 9.90 Å². The van der Waals surface area contributed by atoms with Crippen molar-refractivity contribution in [2.24, 2.45) is 0 Å². The number of pyridine rings is 1. The van der Waals surface area contributed by atoms with Gasteiger partial charge in [-0.3, -0.25) is 4.79 Å². The first kappa shape index (κ1) is 16.5. The summed E-state index contributed by atoms with van der Waals surface area (Å²) >= 11 is 11.7. The summed E-state index contributed by atoms with van der Waals surface area (Å²) in [6.45, 7) is 2.13. The zero-order valence-electron chi connectivity index (χ0n) is 11.9. The topological polar surface area (TPSA) is 56.7 Å².